The Hall–Kier alpha value is -4.58. The number of rotatable bonds is 10. The number of aryl methyl sites for hydroxylation is 1. The van der Waals surface area contributed by atoms with Gasteiger partial charge in [0.1, 0.15) is 0 Å². The highest BCUT2D eigenvalue weighted by atomic mass is 32.2. The molecule has 0 aliphatic rings. The Morgan fingerprint density at radius 2 is 1.67 bits per heavy atom. The first kappa shape index (κ1) is 29.0. The van der Waals surface area contributed by atoms with Crippen LogP contribution in [0.3, 0.4) is 0 Å². The van der Waals surface area contributed by atoms with Crippen LogP contribution in [0.2, 0.25) is 0 Å². The number of hydrogen-bond acceptors (Lipinski definition) is 6. The molecule has 3 aromatic rings. The molecule has 0 bridgehead atoms. The molecule has 12 heteroatoms. The molecular weight excluding hydrogens is 518 g/mol. The summed E-state index contributed by atoms with van der Waals surface area (Å²) in [5.41, 5.74) is 15.3. The maximum absolute atomic E-state index is 13.4. The fourth-order valence-corrected chi connectivity index (χ4v) is 4.38. The lowest BCUT2D eigenvalue weighted by atomic mass is 10.1. The molecule has 0 unspecified atom stereocenters. The first-order chi connectivity index (χ1) is 18.6. The molecule has 0 aromatic heterocycles. The van der Waals surface area contributed by atoms with Crippen molar-refractivity contribution in [1.82, 2.24) is 5.32 Å². The minimum atomic E-state index is -3.44. The molecule has 0 spiro atoms. The monoisotopic (exact) mass is 549 g/mol. The number of sulfone groups is 1. The molecular formula is C27H31N7O4S. The van der Waals surface area contributed by atoms with Crippen LogP contribution < -0.4 is 21.3 Å². The van der Waals surface area contributed by atoms with Crippen molar-refractivity contribution in [1.29, 1.82) is 5.53 Å². The second-order valence-corrected chi connectivity index (χ2v) is 10.8. The smallest absolute Gasteiger partial charge is 0.326 e. The summed E-state index contributed by atoms with van der Waals surface area (Å²) in [4.78, 5) is 27.4. The minimum Gasteiger partial charge on any atom is -0.368 e. The highest BCUT2D eigenvalue weighted by Gasteiger charge is 2.18. The number of urea groups is 1. The summed E-state index contributed by atoms with van der Waals surface area (Å²) in [6.45, 7) is 2.30. The van der Waals surface area contributed by atoms with Crippen LogP contribution >= 0.6 is 0 Å². The summed E-state index contributed by atoms with van der Waals surface area (Å²) in [6.07, 6.45) is 4.19. The molecule has 0 fully saturated rings. The number of amides is 3. The summed E-state index contributed by atoms with van der Waals surface area (Å²) >= 11 is 0. The number of hydrogen-bond donors (Lipinski definition) is 4. The van der Waals surface area contributed by atoms with Crippen LogP contribution in [0.25, 0.3) is 0 Å². The molecule has 0 aliphatic carbocycles. The number of carbonyl (C=O) groups excluding carboxylic acids is 2. The number of guanidine groups is 1. The van der Waals surface area contributed by atoms with Gasteiger partial charge in [-0.3, -0.25) is 15.0 Å². The number of nitrogens with two attached hydrogens (primary N) is 1. The highest BCUT2D eigenvalue weighted by molar-refractivity contribution is 7.90. The fraction of sp³-hybridized carbons (Fsp3) is 0.222. The van der Waals surface area contributed by atoms with Crippen molar-refractivity contribution in [3.8, 4) is 0 Å². The lowest BCUT2D eigenvalue weighted by Crippen LogP contribution is -2.36. The predicted molar refractivity (Wildman–Crippen MR) is 150 cm³/mol. The maximum Gasteiger partial charge on any atom is 0.326 e. The van der Waals surface area contributed by atoms with Gasteiger partial charge in [0.25, 0.3) is 5.91 Å². The molecule has 0 heterocycles. The molecule has 3 rings (SSSR count). The van der Waals surface area contributed by atoms with Crippen molar-refractivity contribution in [2.24, 2.45) is 16.1 Å². The van der Waals surface area contributed by atoms with Crippen molar-refractivity contribution in [2.45, 2.75) is 37.6 Å². The van der Waals surface area contributed by atoms with Crippen molar-refractivity contribution in [2.75, 3.05) is 16.5 Å². The quantitative estimate of drug-likeness (QED) is 0.124. The largest absolute Gasteiger partial charge is 0.368 e. The molecule has 0 saturated carbocycles. The number of nitrogens with zero attached hydrogens (tertiary/aromatic N) is 3. The SMILES string of the molecule is CCCCc1ccc(N(Cc2ccc(C(=O)NC(N)=NN=N)cc2)C(=O)Nc2cccc(S(C)(=O)=O)c2)cc1. The molecule has 3 amide bonds. The van der Waals surface area contributed by atoms with Crippen molar-refractivity contribution in [3.63, 3.8) is 0 Å². The molecule has 3 aromatic carbocycles. The van der Waals surface area contributed by atoms with E-state index in [1.807, 2.05) is 24.3 Å². The van der Waals surface area contributed by atoms with Crippen molar-refractivity contribution < 1.29 is 18.0 Å². The summed E-state index contributed by atoms with van der Waals surface area (Å²) in [7, 11) is -3.44. The van der Waals surface area contributed by atoms with Gasteiger partial charge in [-0.05, 0) is 71.7 Å². The summed E-state index contributed by atoms with van der Waals surface area (Å²) in [5, 5.41) is 11.1. The number of unbranched alkanes of at least 4 members (excludes halogenated alkanes) is 1. The number of benzene rings is 3. The van der Waals surface area contributed by atoms with E-state index in [2.05, 4.69) is 27.9 Å². The van der Waals surface area contributed by atoms with E-state index in [1.54, 1.807) is 36.4 Å². The van der Waals surface area contributed by atoms with Gasteiger partial charge in [-0.25, -0.2) is 13.2 Å². The Morgan fingerprint density at radius 1 is 1.00 bits per heavy atom. The van der Waals surface area contributed by atoms with Crippen LogP contribution in [0.1, 0.15) is 41.3 Å². The molecule has 5 N–H and O–H groups in total. The average Bonchev–Trinajstić information content (AvgIpc) is 2.91. The third-order valence-corrected chi connectivity index (χ3v) is 6.89. The Morgan fingerprint density at radius 3 is 2.28 bits per heavy atom. The Labute approximate surface area is 227 Å². The zero-order valence-corrected chi connectivity index (χ0v) is 22.5. The fourth-order valence-electron chi connectivity index (χ4n) is 3.71. The van der Waals surface area contributed by atoms with Gasteiger partial charge in [0, 0.05) is 23.2 Å². The first-order valence-corrected chi connectivity index (χ1v) is 14.1. The van der Waals surface area contributed by atoms with Crippen LogP contribution in [-0.2, 0) is 22.8 Å². The Bertz CT molecular complexity index is 1450. The zero-order chi connectivity index (χ0) is 28.4. The molecule has 0 saturated heterocycles. The standard InChI is InChI=1S/C27H31N7O4S/c1-3-4-6-19-11-15-23(16-12-19)34(27(36)30-22-7-5-8-24(17-22)39(2,37)38)18-20-9-13-21(14-10-20)25(35)31-26(28)32-33-29/h5,7-17H,3-4,6,18H2,1-2H3,(H,30,36)(H4,28,29,31,32,35). The van der Waals surface area contributed by atoms with E-state index >= 15 is 0 Å². The number of nitrogens with one attached hydrogen (secondary N) is 3. The number of carbonyl (C=O) groups is 2. The molecule has 39 heavy (non-hydrogen) atoms. The Balaban J connectivity index is 1.86. The van der Waals surface area contributed by atoms with Gasteiger partial charge >= 0.3 is 6.03 Å². The van der Waals surface area contributed by atoms with Gasteiger partial charge in [0.15, 0.2) is 9.84 Å². The van der Waals surface area contributed by atoms with Crippen LogP contribution in [0.4, 0.5) is 16.2 Å². The second-order valence-electron chi connectivity index (χ2n) is 8.82. The predicted octanol–water partition coefficient (Wildman–Crippen LogP) is 4.66. The third kappa shape index (κ3) is 8.47. The summed E-state index contributed by atoms with van der Waals surface area (Å²) in [5.74, 6) is -0.821. The summed E-state index contributed by atoms with van der Waals surface area (Å²) < 4.78 is 23.9. The lowest BCUT2D eigenvalue weighted by molar-refractivity contribution is 0.0976. The van der Waals surface area contributed by atoms with Gasteiger partial charge < -0.3 is 11.1 Å². The number of anilines is 2. The second kappa shape index (κ2) is 13.3. The molecule has 11 nitrogen and oxygen atoms in total. The van der Waals surface area contributed by atoms with E-state index in [-0.39, 0.29) is 17.4 Å². The Kier molecular flexibility index (Phi) is 9.87. The van der Waals surface area contributed by atoms with Crippen molar-refractivity contribution in [3.05, 3.63) is 89.5 Å². The highest BCUT2D eigenvalue weighted by Crippen LogP contribution is 2.22. The van der Waals surface area contributed by atoms with Gasteiger partial charge in [-0.1, -0.05) is 48.8 Å². The molecule has 0 radical (unpaired) electrons. The van der Waals surface area contributed by atoms with E-state index in [4.69, 9.17) is 11.3 Å². The minimum absolute atomic E-state index is 0.100. The van der Waals surface area contributed by atoms with Crippen LogP contribution in [0.15, 0.2) is 88.0 Å². The van der Waals surface area contributed by atoms with Crippen LogP contribution in [-0.4, -0.2) is 32.6 Å². The zero-order valence-electron chi connectivity index (χ0n) is 21.7. The van der Waals surface area contributed by atoms with E-state index < -0.39 is 21.8 Å². The van der Waals surface area contributed by atoms with Crippen LogP contribution in [0, 0.1) is 5.53 Å². The van der Waals surface area contributed by atoms with E-state index in [0.717, 1.165) is 31.1 Å². The topological polar surface area (TPSA) is 170 Å². The van der Waals surface area contributed by atoms with E-state index in [9.17, 15) is 18.0 Å². The molecule has 0 aliphatic heterocycles. The van der Waals surface area contributed by atoms with Gasteiger partial charge in [-0.15, -0.1) is 0 Å². The van der Waals surface area contributed by atoms with E-state index in [0.29, 0.717) is 16.9 Å². The maximum atomic E-state index is 13.4. The van der Waals surface area contributed by atoms with Crippen molar-refractivity contribution >= 4 is 39.1 Å². The first-order valence-electron chi connectivity index (χ1n) is 12.2. The molecule has 204 valence electrons. The van der Waals surface area contributed by atoms with Gasteiger partial charge in [0.2, 0.25) is 5.96 Å². The molecule has 0 atom stereocenters. The normalized spacial score (nSPS) is 11.5. The summed E-state index contributed by atoms with van der Waals surface area (Å²) in [6, 6.07) is 19.9. The van der Waals surface area contributed by atoms with E-state index in [1.165, 1.54) is 22.6 Å². The van der Waals surface area contributed by atoms with Gasteiger partial charge in [-0.2, -0.15) is 5.53 Å². The lowest BCUT2D eigenvalue weighted by Gasteiger charge is -2.24. The average molecular weight is 550 g/mol. The van der Waals surface area contributed by atoms with Gasteiger partial charge in [0.05, 0.1) is 11.4 Å². The third-order valence-electron chi connectivity index (χ3n) is 5.78. The van der Waals surface area contributed by atoms with Crippen LogP contribution in [0.5, 0.6) is 0 Å².